The van der Waals surface area contributed by atoms with Gasteiger partial charge in [-0.25, -0.2) is 0 Å². The molecule has 0 aromatic carbocycles. The molecule has 0 amide bonds. The zero-order valence-electron chi connectivity index (χ0n) is 32.9. The minimum Gasteiger partial charge on any atom is -0.550 e. The van der Waals surface area contributed by atoms with E-state index >= 15 is 0 Å². The molecule has 2 aliphatic rings. The van der Waals surface area contributed by atoms with Crippen molar-refractivity contribution in [1.29, 1.82) is 0 Å². The van der Waals surface area contributed by atoms with Gasteiger partial charge in [0.05, 0.1) is 38.8 Å². The van der Waals surface area contributed by atoms with Gasteiger partial charge >= 0.3 is 77.0 Å². The van der Waals surface area contributed by atoms with Crippen molar-refractivity contribution < 1.29 is 127 Å². The quantitative estimate of drug-likeness (QED) is 0.0979. The monoisotopic (exact) mass is 902 g/mol. The number of carboxylic acid groups (broad SMARTS) is 3. The number of unbranched alkanes of at least 4 members (excludes halogenated alkanes) is 1. The summed E-state index contributed by atoms with van der Waals surface area (Å²) in [4.78, 5) is 106. The third-order valence-corrected chi connectivity index (χ3v) is 12.8. The van der Waals surface area contributed by atoms with Crippen LogP contribution < -0.4 is 69.3 Å². The maximum atomic E-state index is 12.4. The van der Waals surface area contributed by atoms with Crippen molar-refractivity contribution in [2.75, 3.05) is 0 Å². The van der Waals surface area contributed by atoms with Gasteiger partial charge in [0, 0.05) is 43.9 Å². The Morgan fingerprint density at radius 1 is 0.712 bits per heavy atom. The number of carboxylic acids is 3. The predicted molar refractivity (Wildman–Crippen MR) is 205 cm³/mol. The fraction of sp³-hybridized carbons (Fsp3) is 0.359. The van der Waals surface area contributed by atoms with E-state index in [1.54, 1.807) is 41.9 Å². The number of aliphatic carboxylic acids is 3. The van der Waals surface area contributed by atoms with Crippen LogP contribution in [-0.2, 0) is 40.1 Å². The summed E-state index contributed by atoms with van der Waals surface area (Å²) in [5, 5.41) is 32.6. The van der Waals surface area contributed by atoms with Crippen molar-refractivity contribution in [3.05, 3.63) is 86.5 Å². The molecule has 0 spiro atoms. The maximum absolute atomic E-state index is 12.4. The van der Waals surface area contributed by atoms with Crippen LogP contribution in [0.25, 0.3) is 0 Å². The largest absolute Gasteiger partial charge is 1.00 e. The van der Waals surface area contributed by atoms with Crippen molar-refractivity contribution >= 4 is 98.3 Å². The number of hydrogen-bond donors (Lipinski definition) is 1. The number of ether oxygens (including phenoxy) is 2. The minimum atomic E-state index is -1.33. The van der Waals surface area contributed by atoms with Gasteiger partial charge in [-0.05, 0) is 67.1 Å². The van der Waals surface area contributed by atoms with E-state index in [0.29, 0.717) is 57.9 Å². The Kier molecular flexibility index (Phi) is 21.4. The first-order valence-corrected chi connectivity index (χ1v) is 21.0. The Bertz CT molecular complexity index is 2120. The first-order valence-electron chi connectivity index (χ1n) is 17.6. The molecule has 0 radical (unpaired) electrons. The molecule has 14 nitrogen and oxygen atoms in total. The second-order valence-electron chi connectivity index (χ2n) is 12.6. The zero-order valence-corrected chi connectivity index (χ0v) is 40.1. The summed E-state index contributed by atoms with van der Waals surface area (Å²) in [5.41, 5.74) is 1.47. The summed E-state index contributed by atoms with van der Waals surface area (Å²) in [5.74, 6) is -5.60. The minimum absolute atomic E-state index is 0. The number of thiophene rings is 4. The molecule has 20 heteroatoms. The summed E-state index contributed by atoms with van der Waals surface area (Å²) in [7, 11) is 0. The smallest absolute Gasteiger partial charge is 0.550 e. The van der Waals surface area contributed by atoms with Crippen LogP contribution in [0.3, 0.4) is 0 Å². The van der Waals surface area contributed by atoms with Crippen molar-refractivity contribution in [2.24, 2.45) is 5.92 Å². The summed E-state index contributed by atoms with van der Waals surface area (Å²) in [6, 6.07) is 6.39. The molecule has 0 aliphatic heterocycles. The van der Waals surface area contributed by atoms with Crippen molar-refractivity contribution in [3.8, 4) is 0 Å². The second kappa shape index (κ2) is 24.3. The molecule has 2 atom stereocenters. The molecule has 4 heterocycles. The van der Waals surface area contributed by atoms with E-state index in [-0.39, 0.29) is 114 Å². The van der Waals surface area contributed by atoms with E-state index in [2.05, 4.69) is 6.92 Å². The normalized spacial score (nSPS) is 12.9. The van der Waals surface area contributed by atoms with Crippen molar-refractivity contribution in [3.63, 3.8) is 0 Å². The average molecular weight is 903 g/mol. The van der Waals surface area contributed by atoms with Crippen LogP contribution in [0.15, 0.2) is 35.0 Å². The van der Waals surface area contributed by atoms with Crippen LogP contribution in [-0.4, -0.2) is 58.1 Å². The molecule has 59 heavy (non-hydrogen) atoms. The summed E-state index contributed by atoms with van der Waals surface area (Å²) >= 11 is 4.70. The van der Waals surface area contributed by atoms with E-state index in [0.717, 1.165) is 41.9 Å². The van der Waals surface area contributed by atoms with Crippen molar-refractivity contribution in [1.82, 2.24) is 0 Å². The first-order chi connectivity index (χ1) is 27.1. The Morgan fingerprint density at radius 3 is 1.76 bits per heavy atom. The van der Waals surface area contributed by atoms with Gasteiger partial charge in [-0.1, -0.05) is 26.7 Å². The topological polar surface area (TPSA) is 238 Å². The molecule has 4 aromatic rings. The van der Waals surface area contributed by atoms with Crippen molar-refractivity contribution in [2.45, 2.75) is 84.8 Å². The molecule has 6 rings (SSSR count). The summed E-state index contributed by atoms with van der Waals surface area (Å²) < 4.78 is 10.1. The average Bonchev–Trinajstić information content (AvgIpc) is 4.00. The SMILES string of the molecule is CC(OC(=O)CCC(=O)[O-])c1cc2c(s1)C(=O)c1sccc1C2=O.CCCCC(CC)C(=O)[O-].O=C(O)CCC(=O)OCc1cc2c(s1)C(=O)c1sccc1C2=O.[Na+].[Na+]. The van der Waals surface area contributed by atoms with Crippen LogP contribution in [0.5, 0.6) is 0 Å². The molecule has 0 saturated carbocycles. The molecule has 2 unspecified atom stereocenters. The Balaban J connectivity index is 0.000000324. The third kappa shape index (κ3) is 13.7. The number of hydrogen-bond acceptors (Lipinski definition) is 17. The number of ketones is 4. The summed E-state index contributed by atoms with van der Waals surface area (Å²) in [6.07, 6.45) is 1.64. The van der Waals surface area contributed by atoms with E-state index in [4.69, 9.17) is 14.6 Å². The molecule has 302 valence electrons. The van der Waals surface area contributed by atoms with Gasteiger partial charge in [-0.3, -0.25) is 33.6 Å². The van der Waals surface area contributed by atoms with Gasteiger partial charge < -0.3 is 34.4 Å². The Hall–Kier alpha value is -3.17. The van der Waals surface area contributed by atoms with Crippen LogP contribution in [0, 0.1) is 5.92 Å². The maximum Gasteiger partial charge on any atom is 1.00 e. The molecular formula is C39H36Na2O14S4. The number of carbonyl (C=O) groups excluding carboxylic acids is 8. The number of carbonyl (C=O) groups is 9. The molecule has 1 N–H and O–H groups in total. The standard InChI is InChI=1S/C16H12O6S2.C15H10O6S2.C8H16O2.2Na/c1-7(22-12(19)3-2-11(17)18)10-6-9-13(20)8-4-5-23-15(8)14(21)16(9)24-10;16-10(17)1-2-11(18)21-6-7-5-9-12(19)8-3-4-22-14(8)13(20)15(9)23-7;1-3-5-6-7(4-2)8(9)10;;/h4-7H,2-3H2,1H3,(H,17,18);3-5H,1-2,6H2,(H,16,17);7H,3-6H2,1-2H3,(H,9,10);;/q;;;2*+1/p-2. The van der Waals surface area contributed by atoms with E-state index in [9.17, 15) is 53.4 Å². The van der Waals surface area contributed by atoms with Gasteiger partial charge in [-0.2, -0.15) is 0 Å². The zero-order chi connectivity index (χ0) is 42.0. The second-order valence-corrected chi connectivity index (χ2v) is 16.7. The third-order valence-electron chi connectivity index (χ3n) is 8.56. The van der Waals surface area contributed by atoms with E-state index < -0.39 is 42.4 Å². The van der Waals surface area contributed by atoms with E-state index in [1.807, 2.05) is 6.92 Å². The fourth-order valence-corrected chi connectivity index (χ4v) is 9.41. The molecule has 0 fully saturated rings. The van der Waals surface area contributed by atoms with Crippen LogP contribution >= 0.6 is 45.3 Å². The van der Waals surface area contributed by atoms with Crippen LogP contribution in [0.1, 0.15) is 149 Å². The van der Waals surface area contributed by atoms with Gasteiger partial charge in [0.25, 0.3) is 0 Å². The van der Waals surface area contributed by atoms with E-state index in [1.165, 1.54) is 22.7 Å². The predicted octanol–water partition coefficient (Wildman–Crippen LogP) is -0.827. The summed E-state index contributed by atoms with van der Waals surface area (Å²) in [6.45, 7) is 5.47. The van der Waals surface area contributed by atoms with Crippen LogP contribution in [0.2, 0.25) is 0 Å². The molecule has 0 bridgehead atoms. The molecular weight excluding hydrogens is 867 g/mol. The molecule has 4 aromatic heterocycles. The van der Waals surface area contributed by atoms with Crippen LogP contribution in [0.4, 0.5) is 0 Å². The first kappa shape index (κ1) is 52.0. The molecule has 2 aliphatic carbocycles. The number of fused-ring (bicyclic) bond motifs is 4. The number of rotatable bonds is 15. The van der Waals surface area contributed by atoms with Gasteiger partial charge in [0.15, 0.2) is 11.6 Å². The van der Waals surface area contributed by atoms with Gasteiger partial charge in [-0.15, -0.1) is 45.3 Å². The Labute approximate surface area is 398 Å². The number of esters is 2. The molecule has 0 saturated heterocycles. The fourth-order valence-electron chi connectivity index (χ4n) is 5.51. The Morgan fingerprint density at radius 2 is 1.25 bits per heavy atom. The van der Waals surface area contributed by atoms with Gasteiger partial charge in [0.2, 0.25) is 11.6 Å². The van der Waals surface area contributed by atoms with Gasteiger partial charge in [0.1, 0.15) is 12.7 Å².